The molecular formula is C13H17Cl2NO. The maximum absolute atomic E-state index is 11.8. The zero-order valence-corrected chi connectivity index (χ0v) is 11.6. The number of hydrogen-bond donors (Lipinski definition) is 1. The predicted molar refractivity (Wildman–Crippen MR) is 72.9 cm³/mol. The van der Waals surface area contributed by atoms with Gasteiger partial charge in [-0.25, -0.2) is 0 Å². The summed E-state index contributed by atoms with van der Waals surface area (Å²) in [5, 5.41) is 3.21. The molecule has 0 saturated heterocycles. The molecule has 0 fully saturated rings. The largest absolute Gasteiger partial charge is 0.351 e. The molecule has 0 radical (unpaired) electrons. The fourth-order valence-electron chi connectivity index (χ4n) is 1.54. The minimum absolute atomic E-state index is 0.0403. The van der Waals surface area contributed by atoms with Gasteiger partial charge >= 0.3 is 0 Å². The smallest absolute Gasteiger partial charge is 0.252 e. The summed E-state index contributed by atoms with van der Waals surface area (Å²) in [6.45, 7) is 4.67. The van der Waals surface area contributed by atoms with Crippen LogP contribution in [0.2, 0.25) is 5.02 Å². The lowest BCUT2D eigenvalue weighted by molar-refractivity contribution is 0.0953. The van der Waals surface area contributed by atoms with Crippen LogP contribution in [0.5, 0.6) is 0 Å². The Balaban J connectivity index is 2.48. The van der Waals surface area contributed by atoms with Gasteiger partial charge in [-0.1, -0.05) is 37.6 Å². The number of carbonyl (C=O) groups is 1. The minimum Gasteiger partial charge on any atom is -0.351 e. The summed E-state index contributed by atoms with van der Waals surface area (Å²) in [4.78, 5) is 11.8. The van der Waals surface area contributed by atoms with Gasteiger partial charge in [-0.05, 0) is 24.5 Å². The summed E-state index contributed by atoms with van der Waals surface area (Å²) in [5.41, 5.74) is 0.489. The van der Waals surface area contributed by atoms with Gasteiger partial charge < -0.3 is 5.32 Å². The molecule has 4 heteroatoms. The number of rotatable bonds is 5. The number of carbonyl (C=O) groups excluding carboxylic acids is 1. The maximum Gasteiger partial charge on any atom is 0.252 e. The molecule has 1 atom stereocenters. The van der Waals surface area contributed by atoms with Crippen LogP contribution in [-0.4, -0.2) is 17.8 Å². The second-order valence-corrected chi connectivity index (χ2v) is 5.44. The number of benzene rings is 1. The first-order valence-corrected chi connectivity index (χ1v) is 6.49. The van der Waals surface area contributed by atoms with Crippen molar-refractivity contribution in [2.75, 3.05) is 6.54 Å². The molecule has 1 N–H and O–H groups in total. The fraction of sp³-hybridized carbons (Fsp3) is 0.462. The van der Waals surface area contributed by atoms with Crippen LogP contribution in [0.1, 0.15) is 30.6 Å². The SMILES string of the molecule is CC(C)CC(Cl)CNC(=O)c1ccccc1Cl. The lowest BCUT2D eigenvalue weighted by atomic mass is 10.1. The first kappa shape index (κ1) is 14.3. The van der Waals surface area contributed by atoms with Crippen molar-refractivity contribution in [1.29, 1.82) is 0 Å². The molecule has 0 heterocycles. The molecule has 1 unspecified atom stereocenters. The van der Waals surface area contributed by atoms with Crippen molar-refractivity contribution in [3.8, 4) is 0 Å². The topological polar surface area (TPSA) is 29.1 Å². The zero-order chi connectivity index (χ0) is 12.8. The molecule has 1 aromatic carbocycles. The van der Waals surface area contributed by atoms with E-state index in [0.717, 1.165) is 6.42 Å². The Labute approximate surface area is 112 Å². The lowest BCUT2D eigenvalue weighted by Gasteiger charge is -2.13. The zero-order valence-electron chi connectivity index (χ0n) is 10.0. The molecule has 0 aliphatic heterocycles. The van der Waals surface area contributed by atoms with Crippen LogP contribution >= 0.6 is 23.2 Å². The summed E-state index contributed by atoms with van der Waals surface area (Å²) in [6.07, 6.45) is 0.879. The molecule has 2 nitrogen and oxygen atoms in total. The Hall–Kier alpha value is -0.730. The highest BCUT2D eigenvalue weighted by Crippen LogP contribution is 2.15. The molecule has 94 valence electrons. The first-order chi connectivity index (χ1) is 8.00. The fourth-order valence-corrected chi connectivity index (χ4v) is 2.19. The summed E-state index contributed by atoms with van der Waals surface area (Å²) in [5.74, 6) is 0.347. The van der Waals surface area contributed by atoms with Crippen LogP contribution in [0.4, 0.5) is 0 Å². The Morgan fingerprint density at radius 3 is 2.59 bits per heavy atom. The van der Waals surface area contributed by atoms with Crippen LogP contribution < -0.4 is 5.32 Å². The van der Waals surface area contributed by atoms with Crippen LogP contribution in [0.25, 0.3) is 0 Å². The van der Waals surface area contributed by atoms with Gasteiger partial charge in [-0.2, -0.15) is 0 Å². The Morgan fingerprint density at radius 1 is 1.35 bits per heavy atom. The van der Waals surface area contributed by atoms with E-state index in [1.807, 2.05) is 0 Å². The average Bonchev–Trinajstić information content (AvgIpc) is 2.25. The van der Waals surface area contributed by atoms with E-state index in [-0.39, 0.29) is 11.3 Å². The molecule has 0 aromatic heterocycles. The third kappa shape index (κ3) is 4.97. The Morgan fingerprint density at radius 2 is 2.00 bits per heavy atom. The van der Waals surface area contributed by atoms with Gasteiger partial charge in [-0.15, -0.1) is 11.6 Å². The molecule has 1 amide bonds. The predicted octanol–water partition coefficient (Wildman–Crippen LogP) is 3.72. The highest BCUT2D eigenvalue weighted by molar-refractivity contribution is 6.33. The van der Waals surface area contributed by atoms with Gasteiger partial charge in [0.25, 0.3) is 5.91 Å². The van der Waals surface area contributed by atoms with Gasteiger partial charge in [0.1, 0.15) is 0 Å². The van der Waals surface area contributed by atoms with Crippen molar-refractivity contribution in [3.63, 3.8) is 0 Å². The van der Waals surface area contributed by atoms with E-state index in [4.69, 9.17) is 23.2 Å². The maximum atomic E-state index is 11.8. The van der Waals surface area contributed by atoms with Crippen LogP contribution in [0, 0.1) is 5.92 Å². The average molecular weight is 274 g/mol. The quantitative estimate of drug-likeness (QED) is 0.814. The van der Waals surface area contributed by atoms with E-state index in [1.54, 1.807) is 24.3 Å². The number of halogens is 2. The molecule has 17 heavy (non-hydrogen) atoms. The standard InChI is InChI=1S/C13H17Cl2NO/c1-9(2)7-10(14)8-16-13(17)11-5-3-4-6-12(11)15/h3-6,9-10H,7-8H2,1-2H3,(H,16,17). The summed E-state index contributed by atoms with van der Waals surface area (Å²) >= 11 is 12.0. The number of nitrogens with one attached hydrogen (secondary N) is 1. The molecular weight excluding hydrogens is 257 g/mol. The summed E-state index contributed by atoms with van der Waals surface area (Å²) in [7, 11) is 0. The minimum atomic E-state index is -0.176. The van der Waals surface area contributed by atoms with Gasteiger partial charge in [0.2, 0.25) is 0 Å². The highest BCUT2D eigenvalue weighted by atomic mass is 35.5. The third-order valence-corrected chi connectivity index (χ3v) is 2.99. The van der Waals surface area contributed by atoms with Crippen molar-refractivity contribution < 1.29 is 4.79 Å². The second kappa shape index (κ2) is 6.87. The molecule has 0 aliphatic rings. The van der Waals surface area contributed by atoms with Gasteiger partial charge in [-0.3, -0.25) is 4.79 Å². The first-order valence-electron chi connectivity index (χ1n) is 5.67. The lowest BCUT2D eigenvalue weighted by Crippen LogP contribution is -2.30. The van der Waals surface area contributed by atoms with Crippen LogP contribution in [-0.2, 0) is 0 Å². The van der Waals surface area contributed by atoms with E-state index in [1.165, 1.54) is 0 Å². The van der Waals surface area contributed by atoms with Crippen LogP contribution in [0.3, 0.4) is 0 Å². The number of hydrogen-bond acceptors (Lipinski definition) is 1. The van der Waals surface area contributed by atoms with Crippen molar-refractivity contribution in [3.05, 3.63) is 34.9 Å². The van der Waals surface area contributed by atoms with E-state index < -0.39 is 0 Å². The Kier molecular flexibility index (Phi) is 5.79. The van der Waals surface area contributed by atoms with E-state index in [0.29, 0.717) is 23.0 Å². The number of alkyl halides is 1. The summed E-state index contributed by atoms with van der Waals surface area (Å²) in [6, 6.07) is 6.97. The number of amides is 1. The molecule has 0 saturated carbocycles. The molecule has 0 bridgehead atoms. The second-order valence-electron chi connectivity index (χ2n) is 4.42. The Bertz CT molecular complexity index is 379. The van der Waals surface area contributed by atoms with Crippen molar-refractivity contribution in [1.82, 2.24) is 5.32 Å². The van der Waals surface area contributed by atoms with Gasteiger partial charge in [0, 0.05) is 6.54 Å². The van der Waals surface area contributed by atoms with Crippen molar-refractivity contribution >= 4 is 29.1 Å². The summed E-state index contributed by atoms with van der Waals surface area (Å²) < 4.78 is 0. The van der Waals surface area contributed by atoms with Crippen molar-refractivity contribution in [2.24, 2.45) is 5.92 Å². The van der Waals surface area contributed by atoms with Crippen molar-refractivity contribution in [2.45, 2.75) is 25.6 Å². The molecule has 0 spiro atoms. The van der Waals surface area contributed by atoms with Crippen LogP contribution in [0.15, 0.2) is 24.3 Å². The van der Waals surface area contributed by atoms with E-state index in [9.17, 15) is 4.79 Å². The third-order valence-electron chi connectivity index (χ3n) is 2.33. The normalized spacial score (nSPS) is 12.5. The molecule has 1 rings (SSSR count). The van der Waals surface area contributed by atoms with E-state index in [2.05, 4.69) is 19.2 Å². The highest BCUT2D eigenvalue weighted by Gasteiger charge is 2.12. The van der Waals surface area contributed by atoms with Gasteiger partial charge in [0.05, 0.1) is 16.0 Å². The monoisotopic (exact) mass is 273 g/mol. The van der Waals surface area contributed by atoms with Gasteiger partial charge in [0.15, 0.2) is 0 Å². The molecule has 1 aromatic rings. The van der Waals surface area contributed by atoms with E-state index >= 15 is 0 Å². The molecule has 0 aliphatic carbocycles.